The minimum atomic E-state index is 0.670. The first-order valence-electron chi connectivity index (χ1n) is 7.50. The van der Waals surface area contributed by atoms with Crippen molar-refractivity contribution in [1.29, 1.82) is 0 Å². The van der Waals surface area contributed by atoms with Crippen LogP contribution in [0.2, 0.25) is 0 Å². The Balaban J connectivity index is 2.00. The highest BCUT2D eigenvalue weighted by molar-refractivity contribution is 5.30. The summed E-state index contributed by atoms with van der Waals surface area (Å²) in [6.07, 6.45) is 5.08. The number of methoxy groups -OCH3 is 1. The Morgan fingerprint density at radius 2 is 2.00 bits per heavy atom. The molecule has 0 atom stereocenters. The van der Waals surface area contributed by atoms with E-state index in [9.17, 15) is 0 Å². The Labute approximate surface area is 122 Å². The predicted octanol–water partition coefficient (Wildman–Crippen LogP) is 1.70. The molecule has 1 N–H and O–H groups in total. The van der Waals surface area contributed by atoms with Gasteiger partial charge in [0.15, 0.2) is 0 Å². The summed E-state index contributed by atoms with van der Waals surface area (Å²) in [6, 6.07) is 1.37. The number of hydrogen-bond donors (Lipinski definition) is 1. The molecule has 0 spiro atoms. The lowest BCUT2D eigenvalue weighted by Crippen LogP contribution is -2.39. The molecular weight excluding hydrogens is 252 g/mol. The van der Waals surface area contributed by atoms with E-state index in [1.165, 1.54) is 31.2 Å². The van der Waals surface area contributed by atoms with Crippen molar-refractivity contribution in [2.24, 2.45) is 7.05 Å². The van der Waals surface area contributed by atoms with E-state index in [2.05, 4.69) is 36.3 Å². The first-order chi connectivity index (χ1) is 9.56. The second-order valence-corrected chi connectivity index (χ2v) is 5.91. The van der Waals surface area contributed by atoms with Crippen molar-refractivity contribution in [3.05, 3.63) is 11.3 Å². The number of aryl methyl sites for hydroxylation is 2. The van der Waals surface area contributed by atoms with Gasteiger partial charge in [-0.1, -0.05) is 0 Å². The second-order valence-electron chi connectivity index (χ2n) is 5.91. The monoisotopic (exact) mass is 280 g/mol. The second kappa shape index (κ2) is 6.59. The third kappa shape index (κ3) is 3.15. The molecule has 0 bridgehead atoms. The molecule has 2 rings (SSSR count). The molecule has 0 unspecified atom stereocenters. The Hall–Kier alpha value is -1.07. The van der Waals surface area contributed by atoms with E-state index in [1.807, 2.05) is 11.7 Å². The van der Waals surface area contributed by atoms with Gasteiger partial charge in [0.2, 0.25) is 5.88 Å². The first-order valence-corrected chi connectivity index (χ1v) is 7.50. The number of hydrogen-bond acceptors (Lipinski definition) is 4. The van der Waals surface area contributed by atoms with Crippen molar-refractivity contribution in [2.75, 3.05) is 21.2 Å². The predicted molar refractivity (Wildman–Crippen MR) is 81.1 cm³/mol. The maximum absolute atomic E-state index is 5.48. The van der Waals surface area contributed by atoms with Crippen LogP contribution in [0.1, 0.15) is 36.9 Å². The van der Waals surface area contributed by atoms with E-state index in [0.29, 0.717) is 12.1 Å². The van der Waals surface area contributed by atoms with Crippen molar-refractivity contribution in [3.8, 4) is 5.88 Å². The summed E-state index contributed by atoms with van der Waals surface area (Å²) < 4.78 is 7.31. The van der Waals surface area contributed by atoms with Crippen LogP contribution in [-0.4, -0.2) is 48.0 Å². The molecular formula is C15H28N4O. The summed E-state index contributed by atoms with van der Waals surface area (Å²) in [5.41, 5.74) is 2.29. The molecule has 20 heavy (non-hydrogen) atoms. The molecule has 1 aromatic rings. The van der Waals surface area contributed by atoms with Crippen molar-refractivity contribution in [3.63, 3.8) is 0 Å². The van der Waals surface area contributed by atoms with E-state index in [4.69, 9.17) is 4.74 Å². The van der Waals surface area contributed by atoms with Gasteiger partial charge in [-0.25, -0.2) is 4.68 Å². The molecule has 5 nitrogen and oxygen atoms in total. The summed E-state index contributed by atoms with van der Waals surface area (Å²) >= 11 is 0. The summed E-state index contributed by atoms with van der Waals surface area (Å²) in [4.78, 5) is 2.46. The molecule has 114 valence electrons. The Kier molecular flexibility index (Phi) is 5.05. The number of ether oxygens (including phenoxy) is 1. The van der Waals surface area contributed by atoms with Crippen molar-refractivity contribution >= 4 is 0 Å². The number of aromatic nitrogens is 2. The van der Waals surface area contributed by atoms with E-state index in [0.717, 1.165) is 18.1 Å². The normalized spacial score (nSPS) is 23.3. The zero-order valence-corrected chi connectivity index (χ0v) is 13.4. The van der Waals surface area contributed by atoms with E-state index < -0.39 is 0 Å². The molecule has 1 aromatic heterocycles. The van der Waals surface area contributed by atoms with E-state index in [-0.39, 0.29) is 0 Å². The minimum Gasteiger partial charge on any atom is -0.481 e. The van der Waals surface area contributed by atoms with Gasteiger partial charge in [-0.3, -0.25) is 4.90 Å². The lowest BCUT2D eigenvalue weighted by molar-refractivity contribution is 0.168. The number of rotatable bonds is 5. The highest BCUT2D eigenvalue weighted by Gasteiger charge is 2.25. The number of nitrogens with zero attached hydrogens (tertiary/aromatic N) is 3. The average Bonchev–Trinajstić information content (AvgIpc) is 2.72. The molecule has 0 amide bonds. The van der Waals surface area contributed by atoms with Gasteiger partial charge >= 0.3 is 0 Å². The molecule has 0 radical (unpaired) electrons. The summed E-state index contributed by atoms with van der Waals surface area (Å²) in [6.45, 7) is 2.97. The van der Waals surface area contributed by atoms with Crippen LogP contribution in [0, 0.1) is 6.92 Å². The van der Waals surface area contributed by atoms with Crippen LogP contribution in [0.25, 0.3) is 0 Å². The van der Waals surface area contributed by atoms with Crippen LogP contribution in [0.3, 0.4) is 0 Å². The van der Waals surface area contributed by atoms with Crippen molar-refractivity contribution in [2.45, 2.75) is 51.2 Å². The van der Waals surface area contributed by atoms with Gasteiger partial charge in [0, 0.05) is 25.7 Å². The molecule has 1 heterocycles. The lowest BCUT2D eigenvalue weighted by Gasteiger charge is -2.34. The van der Waals surface area contributed by atoms with Crippen LogP contribution < -0.4 is 10.1 Å². The van der Waals surface area contributed by atoms with E-state index in [1.54, 1.807) is 7.11 Å². The smallest absolute Gasteiger partial charge is 0.216 e. The standard InChI is InChI=1S/C15H28N4O/c1-11-14(15(20-5)19(4)17-11)10-18(3)13-8-6-12(16-2)7-9-13/h12-13,16H,6-10H2,1-5H3. The van der Waals surface area contributed by atoms with Crippen LogP contribution in [0.15, 0.2) is 0 Å². The molecule has 1 fully saturated rings. The minimum absolute atomic E-state index is 0.670. The van der Waals surface area contributed by atoms with Gasteiger partial charge in [-0.05, 0) is 46.7 Å². The Bertz CT molecular complexity index is 435. The van der Waals surface area contributed by atoms with Crippen molar-refractivity contribution < 1.29 is 4.74 Å². The summed E-state index contributed by atoms with van der Waals surface area (Å²) in [5, 5.41) is 7.85. The fourth-order valence-electron chi connectivity index (χ4n) is 3.30. The van der Waals surface area contributed by atoms with Crippen LogP contribution >= 0.6 is 0 Å². The highest BCUT2D eigenvalue weighted by Crippen LogP contribution is 2.27. The number of nitrogens with one attached hydrogen (secondary N) is 1. The lowest BCUT2D eigenvalue weighted by atomic mass is 9.90. The third-order valence-electron chi connectivity index (χ3n) is 4.62. The zero-order valence-electron chi connectivity index (χ0n) is 13.4. The molecule has 0 aliphatic heterocycles. The van der Waals surface area contributed by atoms with Crippen molar-refractivity contribution in [1.82, 2.24) is 20.0 Å². The maximum Gasteiger partial charge on any atom is 0.216 e. The highest BCUT2D eigenvalue weighted by atomic mass is 16.5. The largest absolute Gasteiger partial charge is 0.481 e. The van der Waals surface area contributed by atoms with Crippen LogP contribution in [-0.2, 0) is 13.6 Å². The quantitative estimate of drug-likeness (QED) is 0.891. The molecule has 1 aliphatic carbocycles. The van der Waals surface area contributed by atoms with Gasteiger partial charge in [0.25, 0.3) is 0 Å². The van der Waals surface area contributed by atoms with Crippen LogP contribution in [0.5, 0.6) is 5.88 Å². The average molecular weight is 280 g/mol. The van der Waals surface area contributed by atoms with Gasteiger partial charge in [0.1, 0.15) is 0 Å². The fourth-order valence-corrected chi connectivity index (χ4v) is 3.30. The molecule has 0 saturated heterocycles. The summed E-state index contributed by atoms with van der Waals surface area (Å²) in [5.74, 6) is 0.887. The maximum atomic E-state index is 5.48. The molecule has 1 aliphatic rings. The van der Waals surface area contributed by atoms with Gasteiger partial charge in [0.05, 0.1) is 18.4 Å². The summed E-state index contributed by atoms with van der Waals surface area (Å²) in [7, 11) is 7.94. The molecule has 1 saturated carbocycles. The van der Waals surface area contributed by atoms with Gasteiger partial charge < -0.3 is 10.1 Å². The SMILES string of the molecule is CNC1CCC(N(C)Cc2c(C)nn(C)c2OC)CC1. The zero-order chi connectivity index (χ0) is 14.7. The van der Waals surface area contributed by atoms with Crippen LogP contribution in [0.4, 0.5) is 0 Å². The first kappa shape index (κ1) is 15.3. The topological polar surface area (TPSA) is 42.3 Å². The Morgan fingerprint density at radius 3 is 2.55 bits per heavy atom. The Morgan fingerprint density at radius 1 is 1.35 bits per heavy atom. The van der Waals surface area contributed by atoms with E-state index >= 15 is 0 Å². The fraction of sp³-hybridized carbons (Fsp3) is 0.800. The molecule has 5 heteroatoms. The third-order valence-corrected chi connectivity index (χ3v) is 4.62. The molecule has 0 aromatic carbocycles. The van der Waals surface area contributed by atoms with Gasteiger partial charge in [-0.2, -0.15) is 5.10 Å². The van der Waals surface area contributed by atoms with Gasteiger partial charge in [-0.15, -0.1) is 0 Å².